The van der Waals surface area contributed by atoms with Crippen LogP contribution in [-0.4, -0.2) is 36.5 Å². The monoisotopic (exact) mass is 261 g/mol. The first-order valence-corrected chi connectivity index (χ1v) is 7.28. The number of carbonyl (C=O) groups is 1. The predicted octanol–water partition coefficient (Wildman–Crippen LogP) is 1.05. The maximum absolute atomic E-state index is 11.4. The van der Waals surface area contributed by atoms with Gasteiger partial charge in [-0.2, -0.15) is 0 Å². The molecule has 1 aromatic rings. The summed E-state index contributed by atoms with van der Waals surface area (Å²) in [7, 11) is -3.31. The van der Waals surface area contributed by atoms with Crippen LogP contribution in [0.2, 0.25) is 0 Å². The van der Waals surface area contributed by atoms with Crippen LogP contribution in [-0.2, 0) is 14.6 Å². The Balaban J connectivity index is 2.84. The minimum atomic E-state index is -3.31. The van der Waals surface area contributed by atoms with Crippen molar-refractivity contribution in [2.45, 2.75) is 16.3 Å². The lowest BCUT2D eigenvalue weighted by Crippen LogP contribution is -2.02. The van der Waals surface area contributed by atoms with E-state index >= 15 is 0 Å². The van der Waals surface area contributed by atoms with Crippen LogP contribution >= 0.6 is 11.8 Å². The van der Waals surface area contributed by atoms with Crippen molar-refractivity contribution in [1.82, 2.24) is 4.98 Å². The van der Waals surface area contributed by atoms with Gasteiger partial charge < -0.3 is 5.11 Å². The Bertz CT molecular complexity index is 484. The molecule has 0 saturated carbocycles. The lowest BCUT2D eigenvalue weighted by molar-refractivity contribution is -0.136. The number of rotatable bonds is 5. The van der Waals surface area contributed by atoms with Crippen molar-refractivity contribution in [2.24, 2.45) is 0 Å². The van der Waals surface area contributed by atoms with Gasteiger partial charge in [0.1, 0.15) is 5.03 Å². The molecule has 88 valence electrons. The van der Waals surface area contributed by atoms with Crippen molar-refractivity contribution in [1.29, 1.82) is 0 Å². The zero-order chi connectivity index (χ0) is 12.2. The van der Waals surface area contributed by atoms with Gasteiger partial charge in [0.05, 0.1) is 11.3 Å². The normalized spacial score (nSPS) is 11.3. The number of hydrogen-bond donors (Lipinski definition) is 1. The topological polar surface area (TPSA) is 84.3 Å². The summed E-state index contributed by atoms with van der Waals surface area (Å²) in [6.45, 7) is 0. The van der Waals surface area contributed by atoms with Crippen LogP contribution in [0.15, 0.2) is 28.3 Å². The number of nitrogens with zero attached hydrogens (tertiary/aromatic N) is 1. The lowest BCUT2D eigenvalue weighted by Gasteiger charge is -2.04. The Morgan fingerprint density at radius 1 is 1.56 bits per heavy atom. The first-order valence-electron chi connectivity index (χ1n) is 4.41. The minimum absolute atomic E-state index is 0.0234. The van der Waals surface area contributed by atoms with Gasteiger partial charge in [-0.15, -0.1) is 11.8 Å². The largest absolute Gasteiger partial charge is 0.481 e. The molecule has 1 aromatic heterocycles. The van der Waals surface area contributed by atoms with Gasteiger partial charge >= 0.3 is 5.97 Å². The Morgan fingerprint density at radius 2 is 2.25 bits per heavy atom. The second kappa shape index (κ2) is 5.31. The van der Waals surface area contributed by atoms with E-state index in [1.54, 1.807) is 0 Å². The Hall–Kier alpha value is -1.08. The molecule has 0 aliphatic heterocycles. The fourth-order valence-electron chi connectivity index (χ4n) is 1.00. The molecule has 7 heteroatoms. The van der Waals surface area contributed by atoms with E-state index in [1.807, 2.05) is 0 Å². The highest BCUT2D eigenvalue weighted by Gasteiger charge is 2.14. The number of carboxylic acid groups (broad SMARTS) is 1. The molecular weight excluding hydrogens is 250 g/mol. The average Bonchev–Trinajstić information content (AvgIpc) is 2.16. The number of aromatic nitrogens is 1. The van der Waals surface area contributed by atoms with Crippen molar-refractivity contribution >= 4 is 27.6 Å². The molecule has 0 unspecified atom stereocenters. The number of thioether (sulfide) groups is 1. The zero-order valence-electron chi connectivity index (χ0n) is 8.58. The molecule has 16 heavy (non-hydrogen) atoms. The van der Waals surface area contributed by atoms with Gasteiger partial charge in [-0.1, -0.05) is 0 Å². The van der Waals surface area contributed by atoms with Crippen LogP contribution < -0.4 is 0 Å². The van der Waals surface area contributed by atoms with Gasteiger partial charge in [-0.05, 0) is 12.1 Å². The number of pyridine rings is 1. The molecule has 0 saturated heterocycles. The van der Waals surface area contributed by atoms with Crippen LogP contribution in [0.25, 0.3) is 0 Å². The summed E-state index contributed by atoms with van der Waals surface area (Å²) in [5.41, 5.74) is 0. The first-order chi connectivity index (χ1) is 7.41. The minimum Gasteiger partial charge on any atom is -0.481 e. The molecule has 0 amide bonds. The molecule has 0 aliphatic carbocycles. The highest BCUT2D eigenvalue weighted by Crippen LogP contribution is 2.24. The molecule has 1 rings (SSSR count). The van der Waals surface area contributed by atoms with Gasteiger partial charge in [0.15, 0.2) is 9.84 Å². The van der Waals surface area contributed by atoms with E-state index in [-0.39, 0.29) is 11.3 Å². The van der Waals surface area contributed by atoms with E-state index in [1.165, 1.54) is 18.3 Å². The maximum atomic E-state index is 11.4. The summed E-state index contributed by atoms with van der Waals surface area (Å²) in [6.07, 6.45) is 2.56. The zero-order valence-corrected chi connectivity index (χ0v) is 10.2. The second-order valence-corrected chi connectivity index (χ2v) is 6.14. The molecule has 0 fully saturated rings. The molecule has 1 N–H and O–H groups in total. The van der Waals surface area contributed by atoms with Crippen molar-refractivity contribution in [2.75, 3.05) is 12.0 Å². The number of hydrogen-bond acceptors (Lipinski definition) is 5. The third kappa shape index (κ3) is 3.82. The molecule has 0 aliphatic rings. The van der Waals surface area contributed by atoms with E-state index in [4.69, 9.17) is 5.11 Å². The first kappa shape index (κ1) is 13.0. The van der Waals surface area contributed by atoms with Crippen molar-refractivity contribution < 1.29 is 18.3 Å². The van der Waals surface area contributed by atoms with E-state index < -0.39 is 15.8 Å². The molecule has 0 radical (unpaired) electrons. The number of sulfone groups is 1. The van der Waals surface area contributed by atoms with Gasteiger partial charge in [0.2, 0.25) is 0 Å². The smallest absolute Gasteiger partial charge is 0.304 e. The van der Waals surface area contributed by atoms with Crippen LogP contribution in [0.5, 0.6) is 0 Å². The standard InChI is InChI=1S/C9H11NO4S2/c1-16(13,14)7-3-2-5-10-9(7)15-6-4-8(11)12/h2-3,5H,4,6H2,1H3,(H,11,12). The van der Waals surface area contributed by atoms with Crippen LogP contribution in [0.1, 0.15) is 6.42 Å². The Morgan fingerprint density at radius 3 is 2.81 bits per heavy atom. The van der Waals surface area contributed by atoms with Crippen LogP contribution in [0.4, 0.5) is 0 Å². The summed E-state index contributed by atoms with van der Waals surface area (Å²) in [5.74, 6) is -0.612. The third-order valence-corrected chi connectivity index (χ3v) is 3.96. The van der Waals surface area contributed by atoms with Crippen molar-refractivity contribution in [3.8, 4) is 0 Å². The summed E-state index contributed by atoms with van der Waals surface area (Å²) in [6, 6.07) is 3.00. The molecule has 0 spiro atoms. The fraction of sp³-hybridized carbons (Fsp3) is 0.333. The van der Waals surface area contributed by atoms with Gasteiger partial charge in [-0.25, -0.2) is 13.4 Å². The molecular formula is C9H11NO4S2. The highest BCUT2D eigenvalue weighted by molar-refractivity contribution is 8.00. The quantitative estimate of drug-likeness (QED) is 0.798. The molecule has 0 aromatic carbocycles. The maximum Gasteiger partial charge on any atom is 0.304 e. The molecule has 5 nitrogen and oxygen atoms in total. The Labute approximate surface area is 97.8 Å². The summed E-state index contributed by atoms with van der Waals surface area (Å²) in [4.78, 5) is 14.4. The van der Waals surface area contributed by atoms with Crippen LogP contribution in [0, 0.1) is 0 Å². The lowest BCUT2D eigenvalue weighted by atomic mass is 10.5. The summed E-state index contributed by atoms with van der Waals surface area (Å²) in [5, 5.41) is 8.82. The van der Waals surface area contributed by atoms with Gasteiger partial charge in [0, 0.05) is 18.2 Å². The third-order valence-electron chi connectivity index (χ3n) is 1.69. The number of carboxylic acids is 1. The van der Waals surface area contributed by atoms with E-state index in [9.17, 15) is 13.2 Å². The molecule has 0 atom stereocenters. The van der Waals surface area contributed by atoms with E-state index in [0.29, 0.717) is 10.8 Å². The van der Waals surface area contributed by atoms with Crippen molar-refractivity contribution in [3.63, 3.8) is 0 Å². The van der Waals surface area contributed by atoms with E-state index in [0.717, 1.165) is 18.0 Å². The van der Waals surface area contributed by atoms with Gasteiger partial charge in [0.25, 0.3) is 0 Å². The molecule has 1 heterocycles. The predicted molar refractivity (Wildman–Crippen MR) is 60.3 cm³/mol. The summed E-state index contributed by atoms with van der Waals surface area (Å²) < 4.78 is 22.8. The fourth-order valence-corrected chi connectivity index (χ4v) is 3.14. The van der Waals surface area contributed by atoms with Gasteiger partial charge in [-0.3, -0.25) is 4.79 Å². The van der Waals surface area contributed by atoms with Crippen LogP contribution in [0.3, 0.4) is 0 Å². The number of aliphatic carboxylic acids is 1. The average molecular weight is 261 g/mol. The molecule has 0 bridgehead atoms. The second-order valence-electron chi connectivity index (χ2n) is 3.07. The highest BCUT2D eigenvalue weighted by atomic mass is 32.2. The SMILES string of the molecule is CS(=O)(=O)c1cccnc1SCCC(=O)O. The summed E-state index contributed by atoms with van der Waals surface area (Å²) >= 11 is 1.13. The Kier molecular flexibility index (Phi) is 4.31. The van der Waals surface area contributed by atoms with Crippen molar-refractivity contribution in [3.05, 3.63) is 18.3 Å². The van der Waals surface area contributed by atoms with E-state index in [2.05, 4.69) is 4.98 Å².